The fraction of sp³-hybridized carbons (Fsp3) is 0.467. The lowest BCUT2D eigenvalue weighted by Gasteiger charge is -2.38. The molecule has 4 rings (SSSR count). The Balaban J connectivity index is 1.48. The molecule has 0 saturated carbocycles. The summed E-state index contributed by atoms with van der Waals surface area (Å²) in [7, 11) is 0. The van der Waals surface area contributed by atoms with E-state index in [1.54, 1.807) is 11.5 Å². The Morgan fingerprint density at radius 3 is 2.80 bits per heavy atom. The van der Waals surface area contributed by atoms with Crippen molar-refractivity contribution in [1.82, 2.24) is 14.6 Å². The second-order valence-corrected chi connectivity index (χ2v) is 6.33. The maximum atomic E-state index is 4.67. The lowest BCUT2D eigenvalue weighted by atomic mass is 10.2. The predicted molar refractivity (Wildman–Crippen MR) is 84.1 cm³/mol. The minimum absolute atomic E-state index is 0.698. The molecule has 2 aliphatic rings. The SMILES string of the molecule is [CH]1C[C@H](N2CCN(c3nsc4ccccc34)CC2)CN1. The number of rotatable bonds is 2. The van der Waals surface area contributed by atoms with Crippen LogP contribution in [-0.4, -0.2) is 48.0 Å². The molecule has 1 aromatic heterocycles. The summed E-state index contributed by atoms with van der Waals surface area (Å²) >= 11 is 1.61. The Hall–Kier alpha value is -1.17. The molecule has 0 unspecified atom stereocenters. The molecule has 0 bridgehead atoms. The molecule has 2 fully saturated rings. The molecule has 2 aromatic rings. The summed E-state index contributed by atoms with van der Waals surface area (Å²) in [5, 5.41) is 4.65. The molecule has 0 aliphatic carbocycles. The van der Waals surface area contributed by atoms with E-state index in [-0.39, 0.29) is 0 Å². The average molecular weight is 287 g/mol. The van der Waals surface area contributed by atoms with E-state index in [0.29, 0.717) is 6.04 Å². The van der Waals surface area contributed by atoms with Crippen molar-refractivity contribution in [1.29, 1.82) is 0 Å². The number of nitrogens with zero attached hydrogens (tertiary/aromatic N) is 3. The van der Waals surface area contributed by atoms with Gasteiger partial charge in [0.2, 0.25) is 0 Å². The fourth-order valence-corrected chi connectivity index (χ4v) is 4.00. The monoisotopic (exact) mass is 287 g/mol. The van der Waals surface area contributed by atoms with Crippen LogP contribution in [0.25, 0.3) is 10.1 Å². The molecular weight excluding hydrogens is 268 g/mol. The van der Waals surface area contributed by atoms with Gasteiger partial charge >= 0.3 is 0 Å². The number of benzene rings is 1. The van der Waals surface area contributed by atoms with Crippen LogP contribution in [0, 0.1) is 6.54 Å². The van der Waals surface area contributed by atoms with Gasteiger partial charge in [0, 0.05) is 50.7 Å². The maximum Gasteiger partial charge on any atom is 0.150 e. The molecule has 2 aliphatic heterocycles. The zero-order valence-electron chi connectivity index (χ0n) is 11.5. The Labute approximate surface area is 123 Å². The van der Waals surface area contributed by atoms with Gasteiger partial charge in [-0.05, 0) is 30.1 Å². The minimum Gasteiger partial charge on any atom is -0.353 e. The number of nitrogens with one attached hydrogen (secondary N) is 1. The fourth-order valence-electron chi connectivity index (χ4n) is 3.20. The van der Waals surface area contributed by atoms with E-state index in [0.717, 1.165) is 32.7 Å². The van der Waals surface area contributed by atoms with Gasteiger partial charge in [-0.15, -0.1) is 0 Å². The molecule has 1 radical (unpaired) electrons. The van der Waals surface area contributed by atoms with Gasteiger partial charge in [-0.25, -0.2) is 0 Å². The normalized spacial score (nSPS) is 24.6. The van der Waals surface area contributed by atoms with E-state index in [1.807, 2.05) is 0 Å². The number of fused-ring (bicyclic) bond motifs is 1. The van der Waals surface area contributed by atoms with Crippen LogP contribution in [-0.2, 0) is 0 Å². The summed E-state index contributed by atoms with van der Waals surface area (Å²) in [6.07, 6.45) is 1.18. The highest BCUT2D eigenvalue weighted by Crippen LogP contribution is 2.30. The number of anilines is 1. The highest BCUT2D eigenvalue weighted by molar-refractivity contribution is 7.13. The van der Waals surface area contributed by atoms with Crippen molar-refractivity contribution in [2.24, 2.45) is 0 Å². The Bertz CT molecular complexity index is 582. The molecule has 4 nitrogen and oxygen atoms in total. The topological polar surface area (TPSA) is 31.4 Å². The smallest absolute Gasteiger partial charge is 0.150 e. The lowest BCUT2D eigenvalue weighted by molar-refractivity contribution is 0.197. The standard InChI is InChI=1S/C15H19N4S/c1-2-4-14-13(3-1)15(17-20-14)19-9-7-18(8-10-19)12-5-6-16-11-12/h1-4,6,12,16H,5,7-11H2/t12-/m0/s1. The first kappa shape index (κ1) is 12.6. The Morgan fingerprint density at radius 2 is 2.00 bits per heavy atom. The molecule has 0 amide bonds. The molecular formula is C15H19N4S. The van der Waals surface area contributed by atoms with E-state index in [9.17, 15) is 0 Å². The van der Waals surface area contributed by atoms with Gasteiger partial charge in [-0.1, -0.05) is 12.1 Å². The number of hydrogen-bond acceptors (Lipinski definition) is 5. The van der Waals surface area contributed by atoms with Crippen LogP contribution in [0.1, 0.15) is 6.42 Å². The van der Waals surface area contributed by atoms with Gasteiger partial charge in [0.1, 0.15) is 5.82 Å². The van der Waals surface area contributed by atoms with Gasteiger partial charge in [0.25, 0.3) is 0 Å². The van der Waals surface area contributed by atoms with Gasteiger partial charge in [0.15, 0.2) is 0 Å². The van der Waals surface area contributed by atoms with Crippen LogP contribution < -0.4 is 10.2 Å². The summed E-state index contributed by atoms with van der Waals surface area (Å²) in [5.74, 6) is 1.18. The molecule has 1 atom stereocenters. The Kier molecular flexibility index (Phi) is 3.34. The highest BCUT2D eigenvalue weighted by atomic mass is 32.1. The van der Waals surface area contributed by atoms with Crippen LogP contribution in [0.15, 0.2) is 24.3 Å². The van der Waals surface area contributed by atoms with Crippen molar-refractivity contribution in [2.75, 3.05) is 37.6 Å². The van der Waals surface area contributed by atoms with Gasteiger partial charge in [0.05, 0.1) is 4.70 Å². The van der Waals surface area contributed by atoms with Crippen LogP contribution in [0.2, 0.25) is 0 Å². The minimum atomic E-state index is 0.698. The van der Waals surface area contributed by atoms with Gasteiger partial charge in [-0.2, -0.15) is 4.37 Å². The van der Waals surface area contributed by atoms with Crippen LogP contribution >= 0.6 is 11.5 Å². The predicted octanol–water partition coefficient (Wildman–Crippen LogP) is 1.94. The van der Waals surface area contributed by atoms with Crippen molar-refractivity contribution in [2.45, 2.75) is 12.5 Å². The summed E-state index contributed by atoms with van der Waals surface area (Å²) < 4.78 is 5.96. The molecule has 105 valence electrons. The first-order valence-corrected chi connectivity index (χ1v) is 8.07. The van der Waals surface area contributed by atoms with Gasteiger partial charge < -0.3 is 10.2 Å². The van der Waals surface area contributed by atoms with Crippen molar-refractivity contribution in [3.63, 3.8) is 0 Å². The van der Waals surface area contributed by atoms with Crippen molar-refractivity contribution >= 4 is 27.4 Å². The first-order chi connectivity index (χ1) is 9.92. The zero-order chi connectivity index (χ0) is 13.4. The van der Waals surface area contributed by atoms with E-state index in [1.165, 1.54) is 22.3 Å². The van der Waals surface area contributed by atoms with E-state index >= 15 is 0 Å². The van der Waals surface area contributed by atoms with E-state index in [2.05, 4.69) is 50.3 Å². The summed E-state index contributed by atoms with van der Waals surface area (Å²) in [5.41, 5.74) is 0. The van der Waals surface area contributed by atoms with Crippen LogP contribution in [0.3, 0.4) is 0 Å². The van der Waals surface area contributed by atoms with Crippen molar-refractivity contribution in [3.8, 4) is 0 Å². The second-order valence-electron chi connectivity index (χ2n) is 5.53. The molecule has 20 heavy (non-hydrogen) atoms. The number of aromatic nitrogens is 1. The molecule has 5 heteroatoms. The molecule has 2 saturated heterocycles. The summed E-state index contributed by atoms with van der Waals surface area (Å²) in [6.45, 7) is 7.77. The van der Waals surface area contributed by atoms with E-state index in [4.69, 9.17) is 0 Å². The van der Waals surface area contributed by atoms with Gasteiger partial charge in [-0.3, -0.25) is 4.90 Å². The van der Waals surface area contributed by atoms with Crippen molar-refractivity contribution < 1.29 is 0 Å². The quantitative estimate of drug-likeness (QED) is 0.915. The lowest BCUT2D eigenvalue weighted by Crippen LogP contribution is -2.51. The van der Waals surface area contributed by atoms with Crippen LogP contribution in [0.5, 0.6) is 0 Å². The average Bonchev–Trinajstić information content (AvgIpc) is 3.17. The molecule has 3 heterocycles. The molecule has 1 aromatic carbocycles. The molecule has 0 spiro atoms. The number of hydrogen-bond donors (Lipinski definition) is 1. The number of piperazine rings is 1. The third-order valence-corrected chi connectivity index (χ3v) is 5.19. The third kappa shape index (κ3) is 2.20. The Morgan fingerprint density at radius 1 is 1.15 bits per heavy atom. The van der Waals surface area contributed by atoms with Crippen molar-refractivity contribution in [3.05, 3.63) is 30.8 Å². The summed E-state index contributed by atoms with van der Waals surface area (Å²) in [6, 6.07) is 9.25. The molecule has 1 N–H and O–H groups in total. The largest absolute Gasteiger partial charge is 0.353 e. The highest BCUT2D eigenvalue weighted by Gasteiger charge is 2.27. The second kappa shape index (κ2) is 5.31. The van der Waals surface area contributed by atoms with Crippen LogP contribution in [0.4, 0.5) is 5.82 Å². The summed E-state index contributed by atoms with van der Waals surface area (Å²) in [4.78, 5) is 5.06. The first-order valence-electron chi connectivity index (χ1n) is 7.30. The maximum absolute atomic E-state index is 4.67. The van der Waals surface area contributed by atoms with E-state index < -0.39 is 0 Å². The zero-order valence-corrected chi connectivity index (χ0v) is 12.3. The third-order valence-electron chi connectivity index (χ3n) is 4.38.